The molecule has 1 aliphatic rings. The van der Waals surface area contributed by atoms with Crippen LogP contribution in [0.15, 0.2) is 0 Å². The fraction of sp³-hybridized carbons (Fsp3) is 0.857. The van der Waals surface area contributed by atoms with Gasteiger partial charge in [0, 0.05) is 6.04 Å². The van der Waals surface area contributed by atoms with Crippen molar-refractivity contribution in [2.24, 2.45) is 11.7 Å². The summed E-state index contributed by atoms with van der Waals surface area (Å²) < 4.78 is 0. The number of hydrogen-bond donors (Lipinski definition) is 2. The standard InChI is InChI=1S/C7H13NO2.ClH/c8-6(4-7(9)10)5-2-1-3-5;/h5-6H,1-4,8H2,(H,9,10);1H/t6-;/m0./s1. The van der Waals surface area contributed by atoms with E-state index in [2.05, 4.69) is 0 Å². The molecule has 0 heterocycles. The van der Waals surface area contributed by atoms with Crippen LogP contribution in [0.5, 0.6) is 0 Å². The lowest BCUT2D eigenvalue weighted by Crippen LogP contribution is -2.36. The van der Waals surface area contributed by atoms with Crippen LogP contribution in [0.4, 0.5) is 0 Å². The Morgan fingerprint density at radius 1 is 1.64 bits per heavy atom. The van der Waals surface area contributed by atoms with Crippen LogP contribution in [-0.2, 0) is 4.79 Å². The summed E-state index contributed by atoms with van der Waals surface area (Å²) >= 11 is 0. The molecule has 1 aliphatic carbocycles. The zero-order valence-electron chi connectivity index (χ0n) is 6.32. The summed E-state index contributed by atoms with van der Waals surface area (Å²) in [5.74, 6) is -0.296. The molecule has 0 aromatic carbocycles. The van der Waals surface area contributed by atoms with Gasteiger partial charge in [0.25, 0.3) is 0 Å². The summed E-state index contributed by atoms with van der Waals surface area (Å²) in [4.78, 5) is 10.2. The van der Waals surface area contributed by atoms with Crippen molar-refractivity contribution < 1.29 is 9.90 Å². The topological polar surface area (TPSA) is 63.3 Å². The molecule has 1 fully saturated rings. The van der Waals surface area contributed by atoms with Gasteiger partial charge in [-0.15, -0.1) is 12.4 Å². The maximum Gasteiger partial charge on any atom is 0.304 e. The van der Waals surface area contributed by atoms with Crippen molar-refractivity contribution in [3.8, 4) is 0 Å². The van der Waals surface area contributed by atoms with Gasteiger partial charge in [0.2, 0.25) is 0 Å². The lowest BCUT2D eigenvalue weighted by molar-refractivity contribution is -0.137. The highest BCUT2D eigenvalue weighted by molar-refractivity contribution is 5.85. The van der Waals surface area contributed by atoms with E-state index in [1.54, 1.807) is 0 Å². The van der Waals surface area contributed by atoms with Gasteiger partial charge in [-0.1, -0.05) is 6.42 Å². The highest BCUT2D eigenvalue weighted by Gasteiger charge is 2.25. The van der Waals surface area contributed by atoms with E-state index in [0.29, 0.717) is 5.92 Å². The lowest BCUT2D eigenvalue weighted by atomic mass is 9.79. The van der Waals surface area contributed by atoms with Crippen molar-refractivity contribution in [2.75, 3.05) is 0 Å². The predicted octanol–water partition coefficient (Wildman–Crippen LogP) is 1.01. The minimum atomic E-state index is -0.778. The van der Waals surface area contributed by atoms with Crippen LogP contribution < -0.4 is 5.73 Å². The van der Waals surface area contributed by atoms with Crippen LogP contribution in [0.25, 0.3) is 0 Å². The van der Waals surface area contributed by atoms with Gasteiger partial charge in [-0.3, -0.25) is 4.79 Å². The van der Waals surface area contributed by atoms with Gasteiger partial charge in [0.1, 0.15) is 0 Å². The first-order valence-corrected chi connectivity index (χ1v) is 3.67. The monoisotopic (exact) mass is 179 g/mol. The van der Waals surface area contributed by atoms with Crippen molar-refractivity contribution in [3.63, 3.8) is 0 Å². The van der Waals surface area contributed by atoms with E-state index in [1.807, 2.05) is 0 Å². The van der Waals surface area contributed by atoms with Crippen molar-refractivity contribution in [1.82, 2.24) is 0 Å². The Bertz CT molecular complexity index is 136. The van der Waals surface area contributed by atoms with E-state index in [0.717, 1.165) is 12.8 Å². The zero-order valence-corrected chi connectivity index (χ0v) is 7.14. The number of carboxylic acids is 1. The molecule has 0 aliphatic heterocycles. The first-order chi connectivity index (χ1) is 4.70. The van der Waals surface area contributed by atoms with Gasteiger partial charge >= 0.3 is 5.97 Å². The number of aliphatic carboxylic acids is 1. The molecule has 11 heavy (non-hydrogen) atoms. The Kier molecular flexibility index (Phi) is 4.45. The third kappa shape index (κ3) is 3.08. The second-order valence-corrected chi connectivity index (χ2v) is 2.95. The van der Waals surface area contributed by atoms with Crippen LogP contribution in [0.1, 0.15) is 25.7 Å². The Morgan fingerprint density at radius 3 is 2.45 bits per heavy atom. The third-order valence-electron chi connectivity index (χ3n) is 2.17. The predicted molar refractivity (Wildman–Crippen MR) is 44.8 cm³/mol. The van der Waals surface area contributed by atoms with Gasteiger partial charge in [0.05, 0.1) is 6.42 Å². The van der Waals surface area contributed by atoms with Crippen LogP contribution >= 0.6 is 12.4 Å². The number of halogens is 1. The van der Waals surface area contributed by atoms with Crippen molar-refractivity contribution in [1.29, 1.82) is 0 Å². The van der Waals surface area contributed by atoms with Gasteiger partial charge in [-0.2, -0.15) is 0 Å². The maximum absolute atomic E-state index is 10.2. The van der Waals surface area contributed by atoms with E-state index in [4.69, 9.17) is 10.8 Å². The maximum atomic E-state index is 10.2. The van der Waals surface area contributed by atoms with Gasteiger partial charge < -0.3 is 10.8 Å². The second kappa shape index (κ2) is 4.57. The molecule has 0 saturated heterocycles. The highest BCUT2D eigenvalue weighted by Crippen LogP contribution is 2.29. The first kappa shape index (κ1) is 10.7. The highest BCUT2D eigenvalue weighted by atomic mass is 35.5. The number of carboxylic acid groups (broad SMARTS) is 1. The quantitative estimate of drug-likeness (QED) is 0.680. The molecule has 1 rings (SSSR count). The molecule has 0 radical (unpaired) electrons. The molecule has 0 unspecified atom stereocenters. The molecule has 0 amide bonds. The third-order valence-corrected chi connectivity index (χ3v) is 2.17. The van der Waals surface area contributed by atoms with Gasteiger partial charge in [-0.05, 0) is 18.8 Å². The summed E-state index contributed by atoms with van der Waals surface area (Å²) in [7, 11) is 0. The summed E-state index contributed by atoms with van der Waals surface area (Å²) in [5, 5.41) is 8.37. The molecule has 1 atom stereocenters. The average molecular weight is 180 g/mol. The van der Waals surface area contributed by atoms with Crippen LogP contribution in [-0.4, -0.2) is 17.1 Å². The summed E-state index contributed by atoms with van der Waals surface area (Å²) in [6, 6.07) is -0.105. The molecular weight excluding hydrogens is 166 g/mol. The molecule has 0 aromatic rings. The zero-order chi connectivity index (χ0) is 7.56. The molecule has 0 spiro atoms. The second-order valence-electron chi connectivity index (χ2n) is 2.95. The first-order valence-electron chi connectivity index (χ1n) is 3.67. The summed E-state index contributed by atoms with van der Waals surface area (Å²) in [6.45, 7) is 0. The minimum Gasteiger partial charge on any atom is -0.481 e. The normalized spacial score (nSPS) is 19.7. The SMILES string of the molecule is Cl.N[C@@H](CC(=O)O)C1CCC1. The van der Waals surface area contributed by atoms with Crippen LogP contribution in [0, 0.1) is 5.92 Å². The minimum absolute atomic E-state index is 0. The average Bonchev–Trinajstić information content (AvgIpc) is 1.55. The Hall–Kier alpha value is -0.280. The van der Waals surface area contributed by atoms with Crippen molar-refractivity contribution in [2.45, 2.75) is 31.7 Å². The van der Waals surface area contributed by atoms with E-state index in [-0.39, 0.29) is 24.9 Å². The van der Waals surface area contributed by atoms with E-state index in [9.17, 15) is 4.79 Å². The smallest absolute Gasteiger partial charge is 0.304 e. The molecule has 0 aromatic heterocycles. The van der Waals surface area contributed by atoms with E-state index >= 15 is 0 Å². The van der Waals surface area contributed by atoms with E-state index < -0.39 is 5.97 Å². The lowest BCUT2D eigenvalue weighted by Gasteiger charge is -2.30. The molecule has 3 nitrogen and oxygen atoms in total. The molecule has 0 bridgehead atoms. The fourth-order valence-electron chi connectivity index (χ4n) is 1.24. The van der Waals surface area contributed by atoms with Crippen molar-refractivity contribution in [3.05, 3.63) is 0 Å². The van der Waals surface area contributed by atoms with Gasteiger partial charge in [0.15, 0.2) is 0 Å². The molecule has 3 N–H and O–H groups in total. The number of carbonyl (C=O) groups is 1. The van der Waals surface area contributed by atoms with E-state index in [1.165, 1.54) is 6.42 Å². The number of hydrogen-bond acceptors (Lipinski definition) is 2. The molecule has 66 valence electrons. The summed E-state index contributed by atoms with van der Waals surface area (Å²) in [5.41, 5.74) is 5.60. The fourth-order valence-corrected chi connectivity index (χ4v) is 1.24. The number of nitrogens with two attached hydrogens (primary N) is 1. The van der Waals surface area contributed by atoms with Crippen LogP contribution in [0.3, 0.4) is 0 Å². The molecule has 1 saturated carbocycles. The molecular formula is C7H14ClNO2. The van der Waals surface area contributed by atoms with Crippen molar-refractivity contribution >= 4 is 18.4 Å². The Morgan fingerprint density at radius 2 is 2.18 bits per heavy atom. The van der Waals surface area contributed by atoms with Gasteiger partial charge in [-0.25, -0.2) is 0 Å². The molecule has 4 heteroatoms. The Labute approximate surface area is 72.4 Å². The van der Waals surface area contributed by atoms with Crippen LogP contribution in [0.2, 0.25) is 0 Å². The number of rotatable bonds is 3. The summed E-state index contributed by atoms with van der Waals surface area (Å²) in [6.07, 6.45) is 3.59. The Balaban J connectivity index is 0.000001000. The largest absolute Gasteiger partial charge is 0.481 e.